The molecule has 0 heterocycles. The van der Waals surface area contributed by atoms with E-state index in [4.69, 9.17) is 9.47 Å². The van der Waals surface area contributed by atoms with Gasteiger partial charge in [-0.1, -0.05) is 12.5 Å². The summed E-state index contributed by atoms with van der Waals surface area (Å²) in [6.45, 7) is 7.89. The van der Waals surface area contributed by atoms with Crippen molar-refractivity contribution in [2.75, 3.05) is 13.2 Å². The molecule has 178 valence electrons. The Kier molecular flexibility index (Phi) is 6.57. The number of carbonyl (C=O) groups excluding carboxylic acids is 3. The van der Waals surface area contributed by atoms with Crippen molar-refractivity contribution in [2.24, 2.45) is 40.4 Å². The number of ketones is 1. The summed E-state index contributed by atoms with van der Waals surface area (Å²) in [5, 5.41) is 0. The lowest BCUT2D eigenvalue weighted by molar-refractivity contribution is -0.164. The Hall–Kier alpha value is -1.65. The average molecular weight is 445 g/mol. The van der Waals surface area contributed by atoms with Gasteiger partial charge in [0.1, 0.15) is 0 Å². The first-order valence-corrected chi connectivity index (χ1v) is 12.6. The van der Waals surface area contributed by atoms with Crippen molar-refractivity contribution in [1.82, 2.24) is 0 Å². The van der Waals surface area contributed by atoms with Gasteiger partial charge < -0.3 is 9.47 Å². The van der Waals surface area contributed by atoms with Crippen molar-refractivity contribution in [2.45, 2.75) is 85.5 Å². The van der Waals surface area contributed by atoms with E-state index < -0.39 is 11.4 Å². The zero-order valence-corrected chi connectivity index (χ0v) is 20.3. The summed E-state index contributed by atoms with van der Waals surface area (Å²) in [6.07, 6.45) is 12.1. The number of hydrogen-bond acceptors (Lipinski definition) is 5. The molecule has 5 nitrogen and oxygen atoms in total. The van der Waals surface area contributed by atoms with Gasteiger partial charge in [0.25, 0.3) is 0 Å². The monoisotopic (exact) mass is 444 g/mol. The second-order valence-corrected chi connectivity index (χ2v) is 12.1. The summed E-state index contributed by atoms with van der Waals surface area (Å²) >= 11 is 0. The maximum atomic E-state index is 12.0. The summed E-state index contributed by atoms with van der Waals surface area (Å²) in [6, 6.07) is 0. The van der Waals surface area contributed by atoms with Crippen molar-refractivity contribution >= 4 is 17.7 Å². The largest absolute Gasteiger partial charge is 0.463 e. The average Bonchev–Trinajstić information content (AvgIpc) is 3.07. The number of carbonyl (C=O) groups is 3. The molecule has 3 saturated carbocycles. The Morgan fingerprint density at radius 1 is 1.09 bits per heavy atom. The molecular formula is C27H40O5. The molecule has 0 aromatic rings. The Morgan fingerprint density at radius 3 is 2.62 bits per heavy atom. The lowest BCUT2D eigenvalue weighted by atomic mass is 9.52. The molecule has 5 heteroatoms. The SMILES string of the molecule is CC(C)(C)C(=O)OCC(=O)OCC[C@H]1C[C@H]2[C@@H]3CCC4=CC(=O)CC[C@@H]4[C@H]3CC[C@]2(C)C1. The fraction of sp³-hybridized carbons (Fsp3) is 0.815. The van der Waals surface area contributed by atoms with Crippen LogP contribution in [0.2, 0.25) is 0 Å². The lowest BCUT2D eigenvalue weighted by Crippen LogP contribution is -2.44. The van der Waals surface area contributed by atoms with Gasteiger partial charge in [0, 0.05) is 6.42 Å². The van der Waals surface area contributed by atoms with E-state index >= 15 is 0 Å². The van der Waals surface area contributed by atoms with Crippen molar-refractivity contribution in [3.05, 3.63) is 11.6 Å². The van der Waals surface area contributed by atoms with Crippen LogP contribution in [0.25, 0.3) is 0 Å². The maximum absolute atomic E-state index is 12.0. The molecule has 0 radical (unpaired) electrons. The second kappa shape index (κ2) is 8.95. The van der Waals surface area contributed by atoms with Gasteiger partial charge in [0.05, 0.1) is 12.0 Å². The van der Waals surface area contributed by atoms with Crippen LogP contribution in [0.5, 0.6) is 0 Å². The quantitative estimate of drug-likeness (QED) is 0.541. The highest BCUT2D eigenvalue weighted by atomic mass is 16.6. The predicted octanol–water partition coefficient (Wildman–Crippen LogP) is 5.27. The van der Waals surface area contributed by atoms with Crippen LogP contribution in [0.3, 0.4) is 0 Å². The Labute approximate surface area is 192 Å². The minimum absolute atomic E-state index is 0.301. The van der Waals surface area contributed by atoms with E-state index in [1.165, 1.54) is 37.7 Å². The van der Waals surface area contributed by atoms with Crippen LogP contribution in [0.15, 0.2) is 11.6 Å². The number of allylic oxidation sites excluding steroid dienone is 1. The molecule has 6 atom stereocenters. The van der Waals surface area contributed by atoms with E-state index in [0.29, 0.717) is 29.6 Å². The van der Waals surface area contributed by atoms with Gasteiger partial charge in [0.15, 0.2) is 12.4 Å². The highest BCUT2D eigenvalue weighted by Crippen LogP contribution is 2.63. The molecule has 0 aromatic heterocycles. The molecule has 0 aliphatic heterocycles. The molecular weight excluding hydrogens is 404 g/mol. The molecule has 4 aliphatic rings. The van der Waals surface area contributed by atoms with E-state index in [0.717, 1.165) is 43.4 Å². The third-order valence-corrected chi connectivity index (χ3v) is 8.88. The molecule has 3 fully saturated rings. The first-order chi connectivity index (χ1) is 15.1. The van der Waals surface area contributed by atoms with E-state index in [-0.39, 0.29) is 12.6 Å². The first-order valence-electron chi connectivity index (χ1n) is 12.6. The van der Waals surface area contributed by atoms with Crippen LogP contribution in [-0.4, -0.2) is 30.9 Å². The number of esters is 2. The zero-order chi connectivity index (χ0) is 23.1. The summed E-state index contributed by atoms with van der Waals surface area (Å²) in [5.41, 5.74) is 1.24. The third-order valence-electron chi connectivity index (χ3n) is 8.88. The summed E-state index contributed by atoms with van der Waals surface area (Å²) in [4.78, 5) is 35.7. The number of ether oxygens (including phenoxy) is 2. The summed E-state index contributed by atoms with van der Waals surface area (Å²) in [7, 11) is 0. The van der Waals surface area contributed by atoms with Crippen molar-refractivity contribution in [1.29, 1.82) is 0 Å². The standard InChI is InChI=1S/C27H40O5/c1-26(2,3)25(30)32-16-24(29)31-12-10-17-13-23-22-7-5-18-14-19(28)6-8-20(18)21(22)9-11-27(23,4)15-17/h14,17,20-23H,5-13,15-16H2,1-4H3/t17-,20-,21+,22+,23-,27+/m0/s1. The highest BCUT2D eigenvalue weighted by Gasteiger charge is 2.54. The molecule has 32 heavy (non-hydrogen) atoms. The Balaban J connectivity index is 1.27. The second-order valence-electron chi connectivity index (χ2n) is 12.1. The number of hydrogen-bond donors (Lipinski definition) is 0. The molecule has 0 saturated heterocycles. The molecule has 0 amide bonds. The minimum atomic E-state index is -0.615. The van der Waals surface area contributed by atoms with Gasteiger partial charge in [0.2, 0.25) is 0 Å². The minimum Gasteiger partial charge on any atom is -0.463 e. The smallest absolute Gasteiger partial charge is 0.344 e. The van der Waals surface area contributed by atoms with E-state index in [1.807, 2.05) is 6.08 Å². The molecule has 0 aromatic carbocycles. The Bertz CT molecular complexity index is 790. The van der Waals surface area contributed by atoms with Crippen molar-refractivity contribution in [3.8, 4) is 0 Å². The van der Waals surface area contributed by atoms with Crippen LogP contribution >= 0.6 is 0 Å². The van der Waals surface area contributed by atoms with Crippen LogP contribution in [0.4, 0.5) is 0 Å². The van der Waals surface area contributed by atoms with Gasteiger partial charge in [-0.05, 0) is 113 Å². The zero-order valence-electron chi connectivity index (χ0n) is 20.3. The van der Waals surface area contributed by atoms with E-state index in [2.05, 4.69) is 6.92 Å². The van der Waals surface area contributed by atoms with Crippen LogP contribution in [0.1, 0.15) is 85.5 Å². The molecule has 0 unspecified atom stereocenters. The molecule has 0 N–H and O–H groups in total. The number of fused-ring (bicyclic) bond motifs is 5. The van der Waals surface area contributed by atoms with E-state index in [1.54, 1.807) is 20.8 Å². The van der Waals surface area contributed by atoms with Gasteiger partial charge in [-0.2, -0.15) is 0 Å². The molecule has 4 rings (SSSR count). The van der Waals surface area contributed by atoms with Gasteiger partial charge in [-0.3, -0.25) is 9.59 Å². The van der Waals surface area contributed by atoms with Crippen LogP contribution in [-0.2, 0) is 23.9 Å². The van der Waals surface area contributed by atoms with Crippen LogP contribution < -0.4 is 0 Å². The molecule has 0 spiro atoms. The van der Waals surface area contributed by atoms with Gasteiger partial charge >= 0.3 is 11.9 Å². The lowest BCUT2D eigenvalue weighted by Gasteiger charge is -2.52. The topological polar surface area (TPSA) is 69.7 Å². The third kappa shape index (κ3) is 4.82. The number of rotatable bonds is 5. The molecule has 4 aliphatic carbocycles. The molecule has 0 bridgehead atoms. The summed E-state index contributed by atoms with van der Waals surface area (Å²) in [5.74, 6) is 3.04. The normalized spacial score (nSPS) is 36.4. The van der Waals surface area contributed by atoms with Crippen molar-refractivity contribution < 1.29 is 23.9 Å². The maximum Gasteiger partial charge on any atom is 0.344 e. The fourth-order valence-corrected chi connectivity index (χ4v) is 7.33. The van der Waals surface area contributed by atoms with Gasteiger partial charge in [-0.15, -0.1) is 0 Å². The Morgan fingerprint density at radius 2 is 1.88 bits per heavy atom. The fourth-order valence-electron chi connectivity index (χ4n) is 7.33. The highest BCUT2D eigenvalue weighted by molar-refractivity contribution is 5.91. The first kappa shape index (κ1) is 23.5. The van der Waals surface area contributed by atoms with Crippen LogP contribution in [0, 0.1) is 40.4 Å². The van der Waals surface area contributed by atoms with Gasteiger partial charge in [-0.25, -0.2) is 4.79 Å². The van der Waals surface area contributed by atoms with E-state index in [9.17, 15) is 14.4 Å². The van der Waals surface area contributed by atoms with Crippen molar-refractivity contribution in [3.63, 3.8) is 0 Å². The predicted molar refractivity (Wildman–Crippen MR) is 122 cm³/mol. The summed E-state index contributed by atoms with van der Waals surface area (Å²) < 4.78 is 10.4.